The van der Waals surface area contributed by atoms with Gasteiger partial charge in [-0.15, -0.1) is 0 Å². The molecule has 4 nitrogen and oxygen atoms in total. The number of ketones is 1. The number of Topliss-reactive ketones (excluding diaryl/α,β-unsaturated/α-hetero) is 1. The quantitative estimate of drug-likeness (QED) is 0.836. The first-order chi connectivity index (χ1) is 9.10. The van der Waals surface area contributed by atoms with Crippen molar-refractivity contribution < 1.29 is 19.4 Å². The average molecular weight is 260 g/mol. The van der Waals surface area contributed by atoms with Crippen molar-refractivity contribution in [2.45, 2.75) is 25.6 Å². The van der Waals surface area contributed by atoms with Crippen LogP contribution in [-0.4, -0.2) is 30.2 Å². The number of benzene rings is 1. The maximum Gasteiger partial charge on any atom is 0.163 e. The number of rotatable bonds is 1. The average Bonchev–Trinajstić information content (AvgIpc) is 2.42. The van der Waals surface area contributed by atoms with Crippen LogP contribution in [0.1, 0.15) is 18.9 Å². The van der Waals surface area contributed by atoms with Crippen LogP contribution in [0.2, 0.25) is 0 Å². The van der Waals surface area contributed by atoms with Gasteiger partial charge >= 0.3 is 0 Å². The maximum atomic E-state index is 12.1. The number of carbonyl (C=O) groups is 1. The predicted octanol–water partition coefficient (Wildman–Crippen LogP) is 1.81. The zero-order chi connectivity index (χ0) is 13.6. The van der Waals surface area contributed by atoms with Crippen LogP contribution in [0, 0.1) is 5.92 Å². The molecule has 0 saturated heterocycles. The van der Waals surface area contributed by atoms with Crippen molar-refractivity contribution in [3.05, 3.63) is 29.3 Å². The molecule has 1 heterocycles. The minimum absolute atomic E-state index is 0.0521. The molecular formula is C15H16O4. The van der Waals surface area contributed by atoms with E-state index in [1.165, 1.54) is 0 Å². The van der Waals surface area contributed by atoms with Crippen molar-refractivity contribution in [3.63, 3.8) is 0 Å². The third-order valence-corrected chi connectivity index (χ3v) is 3.81. The van der Waals surface area contributed by atoms with Crippen LogP contribution in [0.4, 0.5) is 0 Å². The van der Waals surface area contributed by atoms with Crippen LogP contribution in [0.3, 0.4) is 0 Å². The third-order valence-electron chi connectivity index (χ3n) is 3.81. The van der Waals surface area contributed by atoms with E-state index < -0.39 is 12.2 Å². The molecule has 19 heavy (non-hydrogen) atoms. The minimum atomic E-state index is -0.640. The fourth-order valence-electron chi connectivity index (χ4n) is 2.65. The second kappa shape index (κ2) is 4.38. The molecule has 1 aromatic rings. The zero-order valence-corrected chi connectivity index (χ0v) is 10.9. The number of hydrogen-bond acceptors (Lipinski definition) is 4. The van der Waals surface area contributed by atoms with Crippen LogP contribution >= 0.6 is 0 Å². The van der Waals surface area contributed by atoms with E-state index in [0.29, 0.717) is 17.7 Å². The van der Waals surface area contributed by atoms with Gasteiger partial charge in [-0.2, -0.15) is 0 Å². The molecule has 100 valence electrons. The van der Waals surface area contributed by atoms with Crippen LogP contribution in [-0.2, 0) is 4.79 Å². The largest absolute Gasteiger partial charge is 0.497 e. The molecule has 3 rings (SSSR count). The number of carbonyl (C=O) groups excluding carboxylic acids is 1. The van der Waals surface area contributed by atoms with E-state index in [1.54, 1.807) is 19.2 Å². The van der Waals surface area contributed by atoms with Crippen molar-refractivity contribution in [1.29, 1.82) is 0 Å². The summed E-state index contributed by atoms with van der Waals surface area (Å²) in [4.78, 5) is 12.1. The molecule has 3 unspecified atom stereocenters. The smallest absolute Gasteiger partial charge is 0.163 e. The number of methoxy groups -OCH3 is 1. The molecule has 0 aromatic heterocycles. The predicted molar refractivity (Wildman–Crippen MR) is 70.2 cm³/mol. The van der Waals surface area contributed by atoms with E-state index in [1.807, 2.05) is 19.1 Å². The number of ether oxygens (including phenoxy) is 2. The van der Waals surface area contributed by atoms with Gasteiger partial charge in [-0.3, -0.25) is 4.79 Å². The van der Waals surface area contributed by atoms with Crippen LogP contribution in [0.15, 0.2) is 23.8 Å². The Kier molecular flexibility index (Phi) is 2.82. The van der Waals surface area contributed by atoms with Gasteiger partial charge in [-0.05, 0) is 30.2 Å². The van der Waals surface area contributed by atoms with Gasteiger partial charge < -0.3 is 14.6 Å². The standard InChI is InChI=1S/C15H16O4/c1-8-5-12(16)11-7-9-6-10(18-2)3-4-13(9)19-15(11)14(8)17/h3-4,6-8,14-15,17H,5H2,1-2H3. The molecule has 3 atom stereocenters. The molecule has 1 N–H and O–H groups in total. The van der Waals surface area contributed by atoms with Crippen molar-refractivity contribution in [2.75, 3.05) is 7.11 Å². The van der Waals surface area contributed by atoms with E-state index in [4.69, 9.17) is 9.47 Å². The van der Waals surface area contributed by atoms with E-state index in [9.17, 15) is 9.90 Å². The molecule has 1 aromatic carbocycles. The summed E-state index contributed by atoms with van der Waals surface area (Å²) in [6.07, 6.45) is 0.992. The molecule has 1 saturated carbocycles. The Morgan fingerprint density at radius 1 is 1.42 bits per heavy atom. The van der Waals surface area contributed by atoms with Crippen molar-refractivity contribution in [2.24, 2.45) is 5.92 Å². The van der Waals surface area contributed by atoms with Crippen LogP contribution < -0.4 is 9.47 Å². The van der Waals surface area contributed by atoms with Gasteiger partial charge in [-0.25, -0.2) is 0 Å². The first-order valence-electron chi connectivity index (χ1n) is 6.37. The van der Waals surface area contributed by atoms with Gasteiger partial charge in [-0.1, -0.05) is 6.92 Å². The number of fused-ring (bicyclic) bond motifs is 2. The fourth-order valence-corrected chi connectivity index (χ4v) is 2.65. The molecule has 1 aliphatic carbocycles. The maximum absolute atomic E-state index is 12.1. The minimum Gasteiger partial charge on any atom is -0.497 e. The van der Waals surface area contributed by atoms with Gasteiger partial charge in [0.25, 0.3) is 0 Å². The van der Waals surface area contributed by atoms with Crippen LogP contribution in [0.5, 0.6) is 11.5 Å². The number of aliphatic hydroxyl groups excluding tert-OH is 1. The fraction of sp³-hybridized carbons (Fsp3) is 0.400. The topological polar surface area (TPSA) is 55.8 Å². The lowest BCUT2D eigenvalue weighted by Gasteiger charge is -2.36. The number of hydrogen-bond donors (Lipinski definition) is 1. The molecular weight excluding hydrogens is 244 g/mol. The highest BCUT2D eigenvalue weighted by Gasteiger charge is 2.41. The van der Waals surface area contributed by atoms with Crippen molar-refractivity contribution in [1.82, 2.24) is 0 Å². The molecule has 4 heteroatoms. The Labute approximate surface area is 111 Å². The summed E-state index contributed by atoms with van der Waals surface area (Å²) >= 11 is 0. The highest BCUT2D eigenvalue weighted by Crippen LogP contribution is 2.38. The van der Waals surface area contributed by atoms with Crippen molar-refractivity contribution in [3.8, 4) is 11.5 Å². The van der Waals surface area contributed by atoms with Gasteiger partial charge in [0, 0.05) is 17.6 Å². The monoisotopic (exact) mass is 260 g/mol. The lowest BCUT2D eigenvalue weighted by Crippen LogP contribution is -2.46. The Balaban J connectivity index is 2.05. The Bertz CT molecular complexity index is 561. The van der Waals surface area contributed by atoms with Gasteiger partial charge in [0.05, 0.1) is 13.2 Å². The summed E-state index contributed by atoms with van der Waals surface area (Å²) in [5.74, 6) is 1.37. The summed E-state index contributed by atoms with van der Waals surface area (Å²) in [7, 11) is 1.60. The first kappa shape index (κ1) is 12.2. The van der Waals surface area contributed by atoms with E-state index in [0.717, 1.165) is 11.3 Å². The third kappa shape index (κ3) is 1.92. The number of aliphatic hydroxyl groups is 1. The Morgan fingerprint density at radius 2 is 2.21 bits per heavy atom. The van der Waals surface area contributed by atoms with Crippen molar-refractivity contribution >= 4 is 11.9 Å². The Morgan fingerprint density at radius 3 is 2.95 bits per heavy atom. The van der Waals surface area contributed by atoms with E-state index in [2.05, 4.69) is 0 Å². The zero-order valence-electron chi connectivity index (χ0n) is 10.9. The molecule has 0 radical (unpaired) electrons. The van der Waals surface area contributed by atoms with E-state index in [-0.39, 0.29) is 11.7 Å². The second-order valence-corrected chi connectivity index (χ2v) is 5.14. The molecule has 0 amide bonds. The molecule has 1 aliphatic heterocycles. The summed E-state index contributed by atoms with van der Waals surface area (Å²) in [5.41, 5.74) is 1.38. The molecule has 0 spiro atoms. The second-order valence-electron chi connectivity index (χ2n) is 5.14. The summed E-state index contributed by atoms with van der Waals surface area (Å²) in [6, 6.07) is 5.44. The SMILES string of the molecule is COc1ccc2c(c1)C=C1C(=O)CC(C)C(O)C1O2. The normalized spacial score (nSPS) is 28.9. The molecule has 1 fully saturated rings. The van der Waals surface area contributed by atoms with E-state index >= 15 is 0 Å². The highest BCUT2D eigenvalue weighted by atomic mass is 16.5. The highest BCUT2D eigenvalue weighted by molar-refractivity contribution is 6.02. The van der Waals surface area contributed by atoms with Gasteiger partial charge in [0.1, 0.15) is 11.5 Å². The lowest BCUT2D eigenvalue weighted by molar-refractivity contribution is -0.122. The lowest BCUT2D eigenvalue weighted by atomic mass is 9.79. The van der Waals surface area contributed by atoms with Gasteiger partial charge in [0.2, 0.25) is 0 Å². The molecule has 2 aliphatic rings. The summed E-state index contributed by atoms with van der Waals surface area (Å²) in [6.45, 7) is 1.87. The summed E-state index contributed by atoms with van der Waals surface area (Å²) < 4.78 is 11.0. The van der Waals surface area contributed by atoms with Gasteiger partial charge in [0.15, 0.2) is 11.9 Å². The Hall–Kier alpha value is -1.81. The first-order valence-corrected chi connectivity index (χ1v) is 6.37. The molecule has 0 bridgehead atoms. The summed E-state index contributed by atoms with van der Waals surface area (Å²) in [5, 5.41) is 10.2. The van der Waals surface area contributed by atoms with Crippen LogP contribution in [0.25, 0.3) is 6.08 Å².